The van der Waals surface area contributed by atoms with E-state index in [0.29, 0.717) is 6.42 Å². The van der Waals surface area contributed by atoms with Crippen LogP contribution in [0, 0.1) is 29.6 Å². The van der Waals surface area contributed by atoms with Gasteiger partial charge in [-0.15, -0.1) is 0 Å². The number of carbonyl (C=O) groups excluding carboxylic acids is 1. The minimum Gasteiger partial charge on any atom is -0.462 e. The van der Waals surface area contributed by atoms with Gasteiger partial charge in [-0.2, -0.15) is 0 Å². The maximum absolute atomic E-state index is 12.2. The Hall–Kier alpha value is -0.530. The molecule has 2 nitrogen and oxygen atoms in total. The van der Waals surface area contributed by atoms with Gasteiger partial charge in [-0.1, -0.05) is 71.6 Å². The fourth-order valence-corrected chi connectivity index (χ4v) is 7.02. The maximum Gasteiger partial charge on any atom is 0.306 e. The minimum atomic E-state index is 0.0711. The molecule has 3 rings (SSSR count). The standard InChI is InChI=1S/C27H48O2/c1-3-5-7-9-11-21-13-17-25-22(19-21)14-15-23-20-24(16-18-26(23)25)29-27(28)12-10-8-6-4-2/h21-26H,3-20H2,1-2H3. The normalized spacial score (nSPS) is 34.3. The van der Waals surface area contributed by atoms with Crippen LogP contribution in [0.1, 0.15) is 129 Å². The molecule has 3 aliphatic carbocycles. The van der Waals surface area contributed by atoms with Gasteiger partial charge < -0.3 is 4.74 Å². The molecule has 0 amide bonds. The van der Waals surface area contributed by atoms with Gasteiger partial charge in [0.15, 0.2) is 0 Å². The Kier molecular flexibility index (Phi) is 9.86. The van der Waals surface area contributed by atoms with Crippen molar-refractivity contribution in [2.75, 3.05) is 0 Å². The molecule has 3 saturated carbocycles. The Morgan fingerprint density at radius 3 is 2.10 bits per heavy atom. The van der Waals surface area contributed by atoms with Crippen LogP contribution in [0.3, 0.4) is 0 Å². The van der Waals surface area contributed by atoms with E-state index in [2.05, 4.69) is 13.8 Å². The predicted octanol–water partition coefficient (Wildman–Crippen LogP) is 8.08. The molecular weight excluding hydrogens is 356 g/mol. The summed E-state index contributed by atoms with van der Waals surface area (Å²) in [6.07, 6.45) is 23.7. The Labute approximate surface area is 180 Å². The Bertz CT molecular complexity index is 473. The third-order valence-electron chi connectivity index (χ3n) is 8.60. The predicted molar refractivity (Wildman–Crippen MR) is 122 cm³/mol. The van der Waals surface area contributed by atoms with E-state index in [-0.39, 0.29) is 12.1 Å². The van der Waals surface area contributed by atoms with E-state index in [1.807, 2.05) is 0 Å². The summed E-state index contributed by atoms with van der Waals surface area (Å²) in [5, 5.41) is 0. The Morgan fingerprint density at radius 1 is 0.724 bits per heavy atom. The van der Waals surface area contributed by atoms with Gasteiger partial charge in [-0.05, 0) is 81.0 Å². The van der Waals surface area contributed by atoms with Crippen LogP contribution in [0.25, 0.3) is 0 Å². The molecule has 0 heterocycles. The number of rotatable bonds is 11. The highest BCUT2D eigenvalue weighted by Gasteiger charge is 2.44. The van der Waals surface area contributed by atoms with Crippen LogP contribution in [0.4, 0.5) is 0 Å². The van der Waals surface area contributed by atoms with Gasteiger partial charge >= 0.3 is 5.97 Å². The fraction of sp³-hybridized carbons (Fsp3) is 0.963. The molecule has 0 N–H and O–H groups in total. The SMILES string of the molecule is CCCCCCC(=O)OC1CCC2C(CCC3CC(CCCCCC)CCC32)C1. The van der Waals surface area contributed by atoms with Crippen LogP contribution in [0.5, 0.6) is 0 Å². The van der Waals surface area contributed by atoms with Crippen molar-refractivity contribution in [3.8, 4) is 0 Å². The third kappa shape index (κ3) is 7.00. The molecule has 6 unspecified atom stereocenters. The lowest BCUT2D eigenvalue weighted by Crippen LogP contribution is -2.43. The molecule has 0 saturated heterocycles. The van der Waals surface area contributed by atoms with Gasteiger partial charge in [0.25, 0.3) is 0 Å². The van der Waals surface area contributed by atoms with Crippen LogP contribution in [-0.2, 0) is 9.53 Å². The van der Waals surface area contributed by atoms with E-state index >= 15 is 0 Å². The monoisotopic (exact) mass is 404 g/mol. The summed E-state index contributed by atoms with van der Waals surface area (Å²) in [5.41, 5.74) is 0. The lowest BCUT2D eigenvalue weighted by atomic mass is 9.56. The zero-order valence-corrected chi connectivity index (χ0v) is 19.5. The van der Waals surface area contributed by atoms with Gasteiger partial charge in [0.05, 0.1) is 0 Å². The third-order valence-corrected chi connectivity index (χ3v) is 8.60. The first-order valence-electron chi connectivity index (χ1n) is 13.4. The number of carbonyl (C=O) groups is 1. The van der Waals surface area contributed by atoms with Crippen LogP contribution >= 0.6 is 0 Å². The molecule has 29 heavy (non-hydrogen) atoms. The van der Waals surface area contributed by atoms with E-state index in [1.54, 1.807) is 0 Å². The minimum absolute atomic E-state index is 0.0711. The van der Waals surface area contributed by atoms with E-state index in [4.69, 9.17) is 4.74 Å². The van der Waals surface area contributed by atoms with Crippen LogP contribution in [0.15, 0.2) is 0 Å². The molecule has 0 aromatic rings. The molecule has 3 aliphatic rings. The molecule has 3 fully saturated rings. The van der Waals surface area contributed by atoms with E-state index in [1.165, 1.54) is 89.9 Å². The molecule has 2 heteroatoms. The van der Waals surface area contributed by atoms with Crippen molar-refractivity contribution in [3.63, 3.8) is 0 Å². The van der Waals surface area contributed by atoms with Crippen molar-refractivity contribution < 1.29 is 9.53 Å². The average Bonchev–Trinajstić information content (AvgIpc) is 2.74. The summed E-state index contributed by atoms with van der Waals surface area (Å²) in [6.45, 7) is 4.53. The smallest absolute Gasteiger partial charge is 0.306 e. The fourth-order valence-electron chi connectivity index (χ4n) is 7.02. The van der Waals surface area contributed by atoms with Crippen molar-refractivity contribution in [2.24, 2.45) is 29.6 Å². The number of hydrogen-bond acceptors (Lipinski definition) is 2. The molecule has 168 valence electrons. The summed E-state index contributed by atoms with van der Waals surface area (Å²) < 4.78 is 5.90. The highest BCUT2D eigenvalue weighted by molar-refractivity contribution is 5.69. The zero-order chi connectivity index (χ0) is 20.5. The highest BCUT2D eigenvalue weighted by atomic mass is 16.5. The van der Waals surface area contributed by atoms with Crippen LogP contribution < -0.4 is 0 Å². The summed E-state index contributed by atoms with van der Waals surface area (Å²) in [4.78, 5) is 12.2. The number of unbranched alkanes of at least 4 members (excludes halogenated alkanes) is 6. The molecule has 0 aromatic heterocycles. The Balaban J connectivity index is 1.38. The number of hydrogen-bond donors (Lipinski definition) is 0. The lowest BCUT2D eigenvalue weighted by molar-refractivity contribution is -0.153. The van der Waals surface area contributed by atoms with Gasteiger partial charge in [0.2, 0.25) is 0 Å². The second-order valence-corrected chi connectivity index (χ2v) is 10.7. The quantitative estimate of drug-likeness (QED) is 0.257. The first-order valence-corrected chi connectivity index (χ1v) is 13.4. The number of fused-ring (bicyclic) bond motifs is 3. The summed E-state index contributed by atoms with van der Waals surface area (Å²) in [5.74, 6) is 4.87. The van der Waals surface area contributed by atoms with Crippen molar-refractivity contribution >= 4 is 5.97 Å². The summed E-state index contributed by atoms with van der Waals surface area (Å²) >= 11 is 0. The largest absolute Gasteiger partial charge is 0.462 e. The first kappa shape index (κ1) is 23.1. The molecule has 0 bridgehead atoms. The lowest BCUT2D eigenvalue weighted by Gasteiger charge is -2.50. The van der Waals surface area contributed by atoms with Crippen molar-refractivity contribution in [1.29, 1.82) is 0 Å². The summed E-state index contributed by atoms with van der Waals surface area (Å²) in [6, 6.07) is 0. The van der Waals surface area contributed by atoms with Crippen LogP contribution in [0.2, 0.25) is 0 Å². The van der Waals surface area contributed by atoms with Gasteiger partial charge in [-0.3, -0.25) is 4.79 Å². The Morgan fingerprint density at radius 2 is 1.38 bits per heavy atom. The number of esters is 1. The molecular formula is C27H48O2. The van der Waals surface area contributed by atoms with E-state index in [0.717, 1.165) is 48.9 Å². The second-order valence-electron chi connectivity index (χ2n) is 10.7. The van der Waals surface area contributed by atoms with E-state index in [9.17, 15) is 4.79 Å². The van der Waals surface area contributed by atoms with Crippen molar-refractivity contribution in [1.82, 2.24) is 0 Å². The molecule has 0 aromatic carbocycles. The highest BCUT2D eigenvalue weighted by Crippen LogP contribution is 2.53. The van der Waals surface area contributed by atoms with Gasteiger partial charge in [0, 0.05) is 6.42 Å². The van der Waals surface area contributed by atoms with Crippen molar-refractivity contribution in [2.45, 2.75) is 136 Å². The maximum atomic E-state index is 12.2. The van der Waals surface area contributed by atoms with Crippen LogP contribution in [-0.4, -0.2) is 12.1 Å². The van der Waals surface area contributed by atoms with Crippen molar-refractivity contribution in [3.05, 3.63) is 0 Å². The molecule has 0 aliphatic heterocycles. The van der Waals surface area contributed by atoms with Gasteiger partial charge in [0.1, 0.15) is 6.10 Å². The van der Waals surface area contributed by atoms with E-state index < -0.39 is 0 Å². The average molecular weight is 405 g/mol. The molecule has 6 atom stereocenters. The molecule has 0 radical (unpaired) electrons. The summed E-state index contributed by atoms with van der Waals surface area (Å²) in [7, 11) is 0. The first-order chi connectivity index (χ1) is 14.2. The van der Waals surface area contributed by atoms with Gasteiger partial charge in [-0.25, -0.2) is 0 Å². The zero-order valence-electron chi connectivity index (χ0n) is 19.5. The topological polar surface area (TPSA) is 26.3 Å². The number of ether oxygens (including phenoxy) is 1. The second kappa shape index (κ2) is 12.4. The molecule has 0 spiro atoms.